The molecule has 0 spiro atoms. The number of anilines is 2. The van der Waals surface area contributed by atoms with Crippen LogP contribution in [0.5, 0.6) is 0 Å². The SMILES string of the molecule is CCCCN(c1cccc(NCC)n1)C(C)CC. The number of pyridine rings is 1. The molecule has 0 aliphatic heterocycles. The van der Waals surface area contributed by atoms with Gasteiger partial charge in [0.15, 0.2) is 0 Å². The maximum atomic E-state index is 4.70. The van der Waals surface area contributed by atoms with E-state index in [1.54, 1.807) is 0 Å². The highest BCUT2D eigenvalue weighted by molar-refractivity contribution is 5.47. The lowest BCUT2D eigenvalue weighted by molar-refractivity contribution is 0.590. The van der Waals surface area contributed by atoms with Crippen LogP contribution in [0.4, 0.5) is 11.6 Å². The summed E-state index contributed by atoms with van der Waals surface area (Å²) in [6, 6.07) is 6.77. The van der Waals surface area contributed by atoms with Gasteiger partial charge in [0.05, 0.1) is 0 Å². The predicted octanol–water partition coefficient (Wildman–Crippen LogP) is 3.92. The van der Waals surface area contributed by atoms with E-state index < -0.39 is 0 Å². The van der Waals surface area contributed by atoms with Crippen LogP contribution in [0.2, 0.25) is 0 Å². The smallest absolute Gasteiger partial charge is 0.131 e. The first-order valence-electron chi connectivity index (χ1n) is 7.20. The molecule has 0 amide bonds. The Hall–Kier alpha value is -1.25. The molecule has 1 heterocycles. The molecule has 3 heteroatoms. The third-order valence-electron chi connectivity index (χ3n) is 3.26. The third kappa shape index (κ3) is 4.21. The van der Waals surface area contributed by atoms with Gasteiger partial charge in [-0.1, -0.05) is 26.3 Å². The first-order valence-corrected chi connectivity index (χ1v) is 7.20. The second-order valence-electron chi connectivity index (χ2n) is 4.72. The summed E-state index contributed by atoms with van der Waals surface area (Å²) in [5, 5.41) is 3.28. The van der Waals surface area contributed by atoms with Gasteiger partial charge < -0.3 is 10.2 Å². The molecule has 1 unspecified atom stereocenters. The summed E-state index contributed by atoms with van der Waals surface area (Å²) in [6.07, 6.45) is 3.59. The summed E-state index contributed by atoms with van der Waals surface area (Å²) >= 11 is 0. The van der Waals surface area contributed by atoms with Gasteiger partial charge in [-0.15, -0.1) is 0 Å². The van der Waals surface area contributed by atoms with Crippen molar-refractivity contribution >= 4 is 11.6 Å². The molecule has 0 aliphatic carbocycles. The van der Waals surface area contributed by atoms with Crippen molar-refractivity contribution in [3.8, 4) is 0 Å². The second-order valence-corrected chi connectivity index (χ2v) is 4.72. The quantitative estimate of drug-likeness (QED) is 0.757. The van der Waals surface area contributed by atoms with Crippen molar-refractivity contribution in [2.24, 2.45) is 0 Å². The van der Waals surface area contributed by atoms with Crippen LogP contribution in [0.15, 0.2) is 18.2 Å². The van der Waals surface area contributed by atoms with Crippen molar-refractivity contribution in [2.45, 2.75) is 53.0 Å². The molecule has 1 N–H and O–H groups in total. The average molecular weight is 249 g/mol. The topological polar surface area (TPSA) is 28.2 Å². The van der Waals surface area contributed by atoms with Gasteiger partial charge in [-0.2, -0.15) is 0 Å². The summed E-state index contributed by atoms with van der Waals surface area (Å²) in [5.41, 5.74) is 0. The van der Waals surface area contributed by atoms with E-state index in [1.165, 1.54) is 12.8 Å². The van der Waals surface area contributed by atoms with Gasteiger partial charge in [0, 0.05) is 19.1 Å². The first kappa shape index (κ1) is 14.8. The fourth-order valence-electron chi connectivity index (χ4n) is 1.97. The van der Waals surface area contributed by atoms with Gasteiger partial charge in [0.25, 0.3) is 0 Å². The number of rotatable bonds is 8. The number of nitrogens with one attached hydrogen (secondary N) is 1. The fourth-order valence-corrected chi connectivity index (χ4v) is 1.97. The van der Waals surface area contributed by atoms with Gasteiger partial charge >= 0.3 is 0 Å². The minimum Gasteiger partial charge on any atom is -0.370 e. The molecule has 0 saturated heterocycles. The summed E-state index contributed by atoms with van der Waals surface area (Å²) in [5.74, 6) is 2.07. The Morgan fingerprint density at radius 3 is 2.67 bits per heavy atom. The highest BCUT2D eigenvalue weighted by Gasteiger charge is 2.13. The maximum Gasteiger partial charge on any atom is 0.131 e. The second kappa shape index (κ2) is 7.96. The zero-order chi connectivity index (χ0) is 13.4. The molecule has 102 valence electrons. The van der Waals surface area contributed by atoms with E-state index in [1.807, 2.05) is 6.07 Å². The Morgan fingerprint density at radius 1 is 1.28 bits per heavy atom. The molecule has 1 atom stereocenters. The highest BCUT2D eigenvalue weighted by atomic mass is 15.2. The highest BCUT2D eigenvalue weighted by Crippen LogP contribution is 2.19. The Balaban J connectivity index is 2.85. The van der Waals surface area contributed by atoms with Crippen molar-refractivity contribution < 1.29 is 0 Å². The van der Waals surface area contributed by atoms with Gasteiger partial charge in [-0.25, -0.2) is 4.98 Å². The normalized spacial score (nSPS) is 12.2. The Kier molecular flexibility index (Phi) is 6.55. The van der Waals surface area contributed by atoms with E-state index in [4.69, 9.17) is 4.98 Å². The van der Waals surface area contributed by atoms with Gasteiger partial charge in [0.2, 0.25) is 0 Å². The van der Waals surface area contributed by atoms with Crippen LogP contribution in [0, 0.1) is 0 Å². The number of hydrogen-bond donors (Lipinski definition) is 1. The summed E-state index contributed by atoms with van der Waals surface area (Å²) < 4.78 is 0. The summed E-state index contributed by atoms with van der Waals surface area (Å²) in [4.78, 5) is 7.12. The average Bonchev–Trinajstić information content (AvgIpc) is 2.39. The Bertz CT molecular complexity index is 338. The number of nitrogens with zero attached hydrogens (tertiary/aromatic N) is 2. The number of aromatic nitrogens is 1. The molecule has 0 saturated carbocycles. The molecule has 3 nitrogen and oxygen atoms in total. The molecular formula is C15H27N3. The van der Waals surface area contributed by atoms with Crippen LogP contribution < -0.4 is 10.2 Å². The van der Waals surface area contributed by atoms with Crippen LogP contribution in [0.3, 0.4) is 0 Å². The van der Waals surface area contributed by atoms with Crippen molar-refractivity contribution in [1.29, 1.82) is 0 Å². The maximum absolute atomic E-state index is 4.70. The zero-order valence-corrected chi connectivity index (χ0v) is 12.2. The zero-order valence-electron chi connectivity index (χ0n) is 12.2. The Morgan fingerprint density at radius 2 is 2.06 bits per heavy atom. The minimum atomic E-state index is 0.543. The van der Waals surface area contributed by atoms with Crippen LogP contribution >= 0.6 is 0 Å². The van der Waals surface area contributed by atoms with Gasteiger partial charge in [-0.05, 0) is 38.8 Å². The molecule has 0 fully saturated rings. The van der Waals surface area contributed by atoms with E-state index in [0.29, 0.717) is 6.04 Å². The first-order chi connectivity index (χ1) is 8.72. The monoisotopic (exact) mass is 249 g/mol. The minimum absolute atomic E-state index is 0.543. The van der Waals surface area contributed by atoms with Crippen LogP contribution in [-0.2, 0) is 0 Å². The number of hydrogen-bond acceptors (Lipinski definition) is 3. The van der Waals surface area contributed by atoms with Crippen molar-refractivity contribution in [3.63, 3.8) is 0 Å². The summed E-state index contributed by atoms with van der Waals surface area (Å²) in [7, 11) is 0. The van der Waals surface area contributed by atoms with Crippen LogP contribution in [-0.4, -0.2) is 24.1 Å². The molecule has 0 aromatic carbocycles. The molecule has 1 aromatic rings. The molecular weight excluding hydrogens is 222 g/mol. The molecule has 18 heavy (non-hydrogen) atoms. The molecule has 1 rings (SSSR count). The Labute approximate surface area is 112 Å². The molecule has 1 aromatic heterocycles. The number of unbranched alkanes of at least 4 members (excludes halogenated alkanes) is 1. The predicted molar refractivity (Wildman–Crippen MR) is 80.4 cm³/mol. The van der Waals surface area contributed by atoms with Crippen molar-refractivity contribution in [3.05, 3.63) is 18.2 Å². The lowest BCUT2D eigenvalue weighted by Crippen LogP contribution is -2.34. The van der Waals surface area contributed by atoms with E-state index in [-0.39, 0.29) is 0 Å². The van der Waals surface area contributed by atoms with Crippen molar-refractivity contribution in [1.82, 2.24) is 4.98 Å². The molecule has 0 aliphatic rings. The largest absolute Gasteiger partial charge is 0.370 e. The lowest BCUT2D eigenvalue weighted by Gasteiger charge is -2.30. The summed E-state index contributed by atoms with van der Waals surface area (Å²) in [6.45, 7) is 10.8. The van der Waals surface area contributed by atoms with Crippen molar-refractivity contribution in [2.75, 3.05) is 23.3 Å². The third-order valence-corrected chi connectivity index (χ3v) is 3.26. The molecule has 0 radical (unpaired) electrons. The standard InChI is InChI=1S/C15H27N3/c1-5-8-12-18(13(4)6-2)15-11-9-10-14(17-15)16-7-3/h9-11,13H,5-8,12H2,1-4H3,(H,16,17). The van der Waals surface area contributed by atoms with Crippen LogP contribution in [0.1, 0.15) is 47.0 Å². The van der Waals surface area contributed by atoms with E-state index in [9.17, 15) is 0 Å². The van der Waals surface area contributed by atoms with Crippen LogP contribution in [0.25, 0.3) is 0 Å². The fraction of sp³-hybridized carbons (Fsp3) is 0.667. The lowest BCUT2D eigenvalue weighted by atomic mass is 10.2. The van der Waals surface area contributed by atoms with E-state index in [2.05, 4.69) is 50.0 Å². The van der Waals surface area contributed by atoms with Gasteiger partial charge in [-0.3, -0.25) is 0 Å². The van der Waals surface area contributed by atoms with E-state index in [0.717, 1.165) is 31.1 Å². The van der Waals surface area contributed by atoms with E-state index >= 15 is 0 Å². The van der Waals surface area contributed by atoms with Gasteiger partial charge in [0.1, 0.15) is 11.6 Å². The molecule has 0 bridgehead atoms.